The van der Waals surface area contributed by atoms with Gasteiger partial charge in [-0.25, -0.2) is 14.4 Å². The first kappa shape index (κ1) is 28.5. The fraction of sp³-hybridized carbons (Fsp3) is 0.519. The number of H-pyrrole nitrogens is 1. The van der Waals surface area contributed by atoms with Crippen molar-refractivity contribution in [2.45, 2.75) is 50.1 Å². The smallest absolute Gasteiger partial charge is 0.360 e. The van der Waals surface area contributed by atoms with Crippen LogP contribution in [0.1, 0.15) is 41.6 Å². The van der Waals surface area contributed by atoms with Crippen LogP contribution in [0.15, 0.2) is 24.5 Å². The van der Waals surface area contributed by atoms with Gasteiger partial charge in [-0.3, -0.25) is 4.79 Å². The largest absolute Gasteiger partial charge is 0.419 e. The van der Waals surface area contributed by atoms with Crippen LogP contribution in [0.4, 0.5) is 23.5 Å². The third-order valence-corrected chi connectivity index (χ3v) is 9.46. The van der Waals surface area contributed by atoms with Crippen molar-refractivity contribution in [1.29, 1.82) is 0 Å². The van der Waals surface area contributed by atoms with E-state index in [1.165, 1.54) is 43.6 Å². The highest BCUT2D eigenvalue weighted by Crippen LogP contribution is 2.43. The maximum atomic E-state index is 15.0. The van der Waals surface area contributed by atoms with E-state index in [2.05, 4.69) is 25.2 Å². The second-order valence-electron chi connectivity index (χ2n) is 11.3. The molecule has 3 aromatic rings. The third-order valence-electron chi connectivity index (χ3n) is 7.92. The Morgan fingerprint density at radius 3 is 2.55 bits per heavy atom. The zero-order valence-corrected chi connectivity index (χ0v) is 23.7. The molecule has 1 amide bonds. The minimum Gasteiger partial charge on any atom is -0.360 e. The second kappa shape index (κ2) is 10.4. The number of carbonyl (C=O) groups excluding carboxylic acids is 1. The first-order chi connectivity index (χ1) is 18.7. The zero-order valence-electron chi connectivity index (χ0n) is 22.8. The minimum absolute atomic E-state index is 0.0489. The van der Waals surface area contributed by atoms with Gasteiger partial charge in [0.25, 0.3) is 5.91 Å². The van der Waals surface area contributed by atoms with E-state index >= 15 is 4.39 Å². The molecule has 2 aliphatic heterocycles. The molecule has 1 saturated carbocycles. The molecule has 0 saturated heterocycles. The molecule has 4 heterocycles. The molecule has 216 valence electrons. The Hall–Kier alpha value is -2.98. The summed E-state index contributed by atoms with van der Waals surface area (Å²) in [6.45, 7) is 3.34. The molecule has 8 nitrogen and oxygen atoms in total. The fourth-order valence-electron chi connectivity index (χ4n) is 5.85. The Bertz CT molecular complexity index is 1490. The topological polar surface area (TPSA) is 94.2 Å². The number of benzene rings is 1. The summed E-state index contributed by atoms with van der Waals surface area (Å²) in [5.74, 6) is -0.424. The summed E-state index contributed by atoms with van der Waals surface area (Å²) in [7, 11) is 0.279. The lowest BCUT2D eigenvalue weighted by atomic mass is 10.0. The molecule has 0 unspecified atom stereocenters. The van der Waals surface area contributed by atoms with Gasteiger partial charge in [-0.15, -0.1) is 0 Å². The Morgan fingerprint density at radius 1 is 1.10 bits per heavy atom. The van der Waals surface area contributed by atoms with Gasteiger partial charge in [0.1, 0.15) is 18.9 Å². The molecule has 1 aromatic carbocycles. The molecule has 0 spiro atoms. The lowest BCUT2D eigenvalue weighted by Crippen LogP contribution is -2.37. The Morgan fingerprint density at radius 2 is 1.85 bits per heavy atom. The third kappa shape index (κ3) is 5.48. The van der Waals surface area contributed by atoms with E-state index in [4.69, 9.17) is 0 Å². The number of aromatic amines is 1. The number of nitrogens with one attached hydrogen (secondary N) is 2. The predicted molar refractivity (Wildman–Crippen MR) is 148 cm³/mol. The molecule has 0 radical (unpaired) electrons. The van der Waals surface area contributed by atoms with Gasteiger partial charge >= 0.3 is 6.18 Å². The lowest BCUT2D eigenvalue weighted by Gasteiger charge is -2.26. The number of fused-ring (bicyclic) bond motifs is 7. The zero-order chi connectivity index (χ0) is 29.0. The highest BCUT2D eigenvalue weighted by molar-refractivity contribution is 7.70. The van der Waals surface area contributed by atoms with Gasteiger partial charge in [0.15, 0.2) is 0 Å². The van der Waals surface area contributed by atoms with Crippen molar-refractivity contribution in [1.82, 2.24) is 24.8 Å². The molecule has 40 heavy (non-hydrogen) atoms. The molecule has 1 fully saturated rings. The van der Waals surface area contributed by atoms with Crippen molar-refractivity contribution in [2.75, 3.05) is 45.8 Å². The highest BCUT2D eigenvalue weighted by Gasteiger charge is 2.37. The van der Waals surface area contributed by atoms with Gasteiger partial charge in [-0.05, 0) is 52.1 Å². The lowest BCUT2D eigenvalue weighted by molar-refractivity contribution is -0.137. The number of amides is 1. The van der Waals surface area contributed by atoms with Crippen LogP contribution in [0.2, 0.25) is 0 Å². The van der Waals surface area contributed by atoms with Gasteiger partial charge in [-0.1, -0.05) is 6.07 Å². The van der Waals surface area contributed by atoms with E-state index in [-0.39, 0.29) is 53.1 Å². The molecule has 1 aliphatic carbocycles. The Kier molecular flexibility index (Phi) is 7.46. The summed E-state index contributed by atoms with van der Waals surface area (Å²) in [6.07, 6.45) is -1.24. The summed E-state index contributed by atoms with van der Waals surface area (Å²) in [6, 6.07) is 3.10. The predicted octanol–water partition coefficient (Wildman–Crippen LogP) is 4.97. The number of aromatic nitrogens is 3. The van der Waals surface area contributed by atoms with Crippen molar-refractivity contribution in [3.63, 3.8) is 0 Å². The van der Waals surface area contributed by atoms with Crippen LogP contribution in [-0.4, -0.2) is 89.4 Å². The fourth-order valence-corrected chi connectivity index (χ4v) is 7.32. The summed E-state index contributed by atoms with van der Waals surface area (Å²) < 4.78 is 70.9. The quantitative estimate of drug-likeness (QED) is 0.312. The van der Waals surface area contributed by atoms with E-state index in [1.807, 2.05) is 7.05 Å². The highest BCUT2D eigenvalue weighted by atomic mass is 31.2. The number of halogens is 4. The average Bonchev–Trinajstić information content (AvgIpc) is 3.51. The number of hydrogen-bond acceptors (Lipinski definition) is 6. The molecular weight excluding hydrogens is 547 g/mol. The van der Waals surface area contributed by atoms with Crippen molar-refractivity contribution < 1.29 is 26.9 Å². The van der Waals surface area contributed by atoms with Gasteiger partial charge in [0, 0.05) is 54.3 Å². The molecule has 2 N–H and O–H groups in total. The summed E-state index contributed by atoms with van der Waals surface area (Å²) in [5.41, 5.74) is -0.748. The van der Waals surface area contributed by atoms with Gasteiger partial charge < -0.3 is 24.7 Å². The molecular formula is C27H33F4N6O2P. The van der Waals surface area contributed by atoms with Crippen molar-refractivity contribution >= 4 is 35.2 Å². The van der Waals surface area contributed by atoms with E-state index in [1.54, 1.807) is 0 Å². The van der Waals surface area contributed by atoms with Gasteiger partial charge in [0.05, 0.1) is 23.3 Å². The monoisotopic (exact) mass is 580 g/mol. The van der Waals surface area contributed by atoms with Crippen molar-refractivity contribution in [2.24, 2.45) is 0 Å². The summed E-state index contributed by atoms with van der Waals surface area (Å²) in [5, 5.41) is 3.75. The molecule has 13 heteroatoms. The van der Waals surface area contributed by atoms with Crippen LogP contribution in [0.3, 0.4) is 0 Å². The Labute approximate surface area is 229 Å². The van der Waals surface area contributed by atoms with Gasteiger partial charge in [0.2, 0.25) is 5.95 Å². The minimum atomic E-state index is -4.72. The van der Waals surface area contributed by atoms with Crippen LogP contribution < -0.4 is 10.6 Å². The van der Waals surface area contributed by atoms with Crippen LogP contribution in [0.25, 0.3) is 22.2 Å². The van der Waals surface area contributed by atoms with E-state index in [0.29, 0.717) is 23.9 Å². The SMILES string of the molecule is CN1C[C@@H](F)CCN(C)[C@H]2CC[C@@H](C2)Nc2ncc(C(F)(F)F)c(n2)-c2c[nH]c3c(P(C)(C)=O)c(ccc23)C1=O. The van der Waals surface area contributed by atoms with Crippen molar-refractivity contribution in [3.8, 4) is 11.3 Å². The van der Waals surface area contributed by atoms with E-state index in [0.717, 1.165) is 19.0 Å². The molecule has 8 bridgehead atoms. The van der Waals surface area contributed by atoms with Crippen LogP contribution in [0, 0.1) is 0 Å². The van der Waals surface area contributed by atoms with Crippen LogP contribution in [0.5, 0.6) is 0 Å². The molecule has 6 rings (SSSR count). The average molecular weight is 581 g/mol. The Balaban J connectivity index is 1.71. The molecule has 3 aliphatic rings. The molecule has 2 aromatic heterocycles. The number of carbonyl (C=O) groups is 1. The normalized spacial score (nSPS) is 23.4. The maximum Gasteiger partial charge on any atom is 0.419 e. The first-order valence-corrected chi connectivity index (χ1v) is 15.8. The number of hydrogen-bond donors (Lipinski definition) is 2. The van der Waals surface area contributed by atoms with Crippen molar-refractivity contribution in [3.05, 3.63) is 35.7 Å². The summed E-state index contributed by atoms with van der Waals surface area (Å²) >= 11 is 0. The molecule has 3 atom stereocenters. The number of alkyl halides is 4. The number of anilines is 1. The standard InChI is InChI=1S/C27H33F4N6O2P/c1-36-10-9-15(28)14-37(2)25(38)19-8-7-18-20(12-32-23(18)24(19)40(3,4)39)22-21(27(29,30)31)13-33-26(35-22)34-16-5-6-17(36)11-16/h7-8,12-13,15-17,32H,5-6,9-11,14H2,1-4H3,(H,33,34,35)/t15-,16-,17-/m0/s1. The van der Waals surface area contributed by atoms with E-state index < -0.39 is 31.0 Å². The second-order valence-corrected chi connectivity index (χ2v) is 14.4. The summed E-state index contributed by atoms with van der Waals surface area (Å²) in [4.78, 5) is 28.1. The first-order valence-electron chi connectivity index (χ1n) is 13.2. The maximum absolute atomic E-state index is 15.0. The number of nitrogens with zero attached hydrogens (tertiary/aromatic N) is 4. The van der Waals surface area contributed by atoms with Crippen LogP contribution in [-0.2, 0) is 10.7 Å². The number of rotatable bonds is 1. The van der Waals surface area contributed by atoms with E-state index in [9.17, 15) is 22.5 Å². The van der Waals surface area contributed by atoms with Gasteiger partial charge in [-0.2, -0.15) is 13.2 Å². The van der Waals surface area contributed by atoms with Crippen LogP contribution >= 0.6 is 7.14 Å².